The summed E-state index contributed by atoms with van der Waals surface area (Å²) in [6, 6.07) is 24.3. The molecule has 9 heteroatoms. The smallest absolute Gasteiger partial charge is 0.280 e. The first-order valence-electron chi connectivity index (χ1n) is 10.4. The number of sulfonamides is 1. The summed E-state index contributed by atoms with van der Waals surface area (Å²) in [5, 5.41) is 12.4. The van der Waals surface area contributed by atoms with E-state index in [-0.39, 0.29) is 17.0 Å². The highest BCUT2D eigenvalue weighted by atomic mass is 32.2. The maximum atomic E-state index is 13.3. The minimum Gasteiger partial charge on any atom is -0.348 e. The van der Waals surface area contributed by atoms with Gasteiger partial charge in [-0.15, -0.1) is 0 Å². The molecule has 8 nitrogen and oxygen atoms in total. The monoisotopic (exact) mass is 474 g/mol. The summed E-state index contributed by atoms with van der Waals surface area (Å²) in [4.78, 5) is 26.4. The van der Waals surface area contributed by atoms with Crippen molar-refractivity contribution in [2.75, 3.05) is 0 Å². The Morgan fingerprint density at radius 3 is 2.03 bits per heavy atom. The normalized spacial score (nSPS) is 11.2. The van der Waals surface area contributed by atoms with E-state index in [0.717, 1.165) is 10.2 Å². The van der Waals surface area contributed by atoms with Crippen LogP contribution in [-0.2, 0) is 23.6 Å². The molecule has 0 unspecified atom stereocenters. The molecule has 0 spiro atoms. The summed E-state index contributed by atoms with van der Waals surface area (Å²) in [5.41, 5.74) is 2.51. The van der Waals surface area contributed by atoms with Crippen LogP contribution in [0.1, 0.15) is 15.9 Å². The number of rotatable bonds is 6. The van der Waals surface area contributed by atoms with Crippen molar-refractivity contribution in [3.63, 3.8) is 0 Å². The van der Waals surface area contributed by atoms with Crippen molar-refractivity contribution in [2.45, 2.75) is 11.4 Å². The van der Waals surface area contributed by atoms with Crippen LogP contribution in [0.3, 0.4) is 0 Å². The first kappa shape index (κ1) is 23.1. The van der Waals surface area contributed by atoms with Crippen LogP contribution >= 0.6 is 0 Å². The average molecular weight is 475 g/mol. The molecule has 4 aromatic rings. The molecule has 172 valence electrons. The zero-order valence-corrected chi connectivity index (χ0v) is 19.1. The van der Waals surface area contributed by atoms with Crippen molar-refractivity contribution in [3.8, 4) is 22.4 Å². The molecule has 4 rings (SSSR count). The molecule has 1 heterocycles. The summed E-state index contributed by atoms with van der Waals surface area (Å²) < 4.78 is 24.1. The highest BCUT2D eigenvalue weighted by Gasteiger charge is 2.24. The van der Waals surface area contributed by atoms with Crippen LogP contribution in [0.4, 0.5) is 0 Å². The number of nitrogens with zero attached hydrogens (tertiary/aromatic N) is 2. The number of aromatic nitrogens is 2. The van der Waals surface area contributed by atoms with Gasteiger partial charge in [0.05, 0.1) is 10.6 Å². The van der Waals surface area contributed by atoms with E-state index in [1.54, 1.807) is 12.1 Å². The van der Waals surface area contributed by atoms with Crippen LogP contribution < -0.4 is 16.0 Å². The molecule has 3 N–H and O–H groups in total. The summed E-state index contributed by atoms with van der Waals surface area (Å²) in [7, 11) is -2.30. The van der Waals surface area contributed by atoms with Gasteiger partial charge in [0.25, 0.3) is 11.5 Å². The molecule has 1 amide bonds. The zero-order valence-electron chi connectivity index (χ0n) is 18.3. The van der Waals surface area contributed by atoms with E-state index in [1.807, 2.05) is 60.7 Å². The van der Waals surface area contributed by atoms with E-state index in [4.69, 9.17) is 5.14 Å². The highest BCUT2D eigenvalue weighted by Crippen LogP contribution is 2.31. The largest absolute Gasteiger partial charge is 0.348 e. The van der Waals surface area contributed by atoms with E-state index in [1.165, 1.54) is 19.2 Å². The van der Waals surface area contributed by atoms with E-state index in [0.29, 0.717) is 22.4 Å². The molecular weight excluding hydrogens is 452 g/mol. The van der Waals surface area contributed by atoms with Gasteiger partial charge >= 0.3 is 0 Å². The fourth-order valence-electron chi connectivity index (χ4n) is 3.59. The Bertz CT molecular complexity index is 1500. The molecule has 0 aliphatic rings. The Morgan fingerprint density at radius 1 is 0.912 bits per heavy atom. The molecule has 0 aliphatic carbocycles. The lowest BCUT2D eigenvalue weighted by molar-refractivity contribution is 0.0949. The van der Waals surface area contributed by atoms with Gasteiger partial charge in [-0.1, -0.05) is 72.8 Å². The van der Waals surface area contributed by atoms with E-state index < -0.39 is 21.5 Å². The molecular formula is C25H22N4O4S. The Hall–Kier alpha value is -4.08. The lowest BCUT2D eigenvalue weighted by atomic mass is 9.95. The second kappa shape index (κ2) is 9.42. The molecule has 0 bridgehead atoms. The number of hydrogen-bond acceptors (Lipinski definition) is 5. The van der Waals surface area contributed by atoms with E-state index in [9.17, 15) is 18.0 Å². The standard InChI is InChI=1S/C25H22N4O4S/c1-29-25(31)22(24(30)27-16-17-12-14-20(15-13-17)34(26,32)33)21(18-8-4-2-5-9-18)23(28-29)19-10-6-3-7-11-19/h2-15H,16H2,1H3,(H,27,30)(H2,26,32,33). The number of carbonyl (C=O) groups is 1. The van der Waals surface area contributed by atoms with Gasteiger partial charge in [-0.3, -0.25) is 9.59 Å². The second-order valence-corrected chi connectivity index (χ2v) is 9.19. The van der Waals surface area contributed by atoms with Crippen LogP contribution in [-0.4, -0.2) is 24.1 Å². The van der Waals surface area contributed by atoms with E-state index >= 15 is 0 Å². The Balaban J connectivity index is 1.77. The maximum Gasteiger partial charge on any atom is 0.280 e. The molecule has 0 atom stereocenters. The first-order chi connectivity index (χ1) is 16.3. The second-order valence-electron chi connectivity index (χ2n) is 7.63. The number of primary sulfonamides is 1. The van der Waals surface area contributed by atoms with Gasteiger partial charge in [0.15, 0.2) is 0 Å². The van der Waals surface area contributed by atoms with Gasteiger partial charge in [-0.05, 0) is 23.3 Å². The number of carbonyl (C=O) groups excluding carboxylic acids is 1. The summed E-state index contributed by atoms with van der Waals surface area (Å²) in [6.07, 6.45) is 0. The third-order valence-electron chi connectivity index (χ3n) is 5.29. The number of nitrogens with one attached hydrogen (secondary N) is 1. The van der Waals surface area contributed by atoms with Crippen molar-refractivity contribution < 1.29 is 13.2 Å². The summed E-state index contributed by atoms with van der Waals surface area (Å²) in [5.74, 6) is -0.561. The molecule has 0 fully saturated rings. The Kier molecular flexibility index (Phi) is 6.40. The first-order valence-corrected chi connectivity index (χ1v) is 11.9. The molecule has 0 saturated carbocycles. The van der Waals surface area contributed by atoms with Crippen molar-refractivity contribution in [3.05, 3.63) is 106 Å². The number of benzene rings is 3. The van der Waals surface area contributed by atoms with Crippen LogP contribution in [0.5, 0.6) is 0 Å². The maximum absolute atomic E-state index is 13.3. The highest BCUT2D eigenvalue weighted by molar-refractivity contribution is 7.89. The quantitative estimate of drug-likeness (QED) is 0.445. The van der Waals surface area contributed by atoms with Crippen molar-refractivity contribution in [1.82, 2.24) is 15.1 Å². The number of aryl methyl sites for hydroxylation is 1. The van der Waals surface area contributed by atoms with Crippen molar-refractivity contribution in [2.24, 2.45) is 12.2 Å². The molecule has 34 heavy (non-hydrogen) atoms. The van der Waals surface area contributed by atoms with Gasteiger partial charge < -0.3 is 5.32 Å². The third kappa shape index (κ3) is 4.80. The molecule has 0 saturated heterocycles. The molecule has 0 radical (unpaired) electrons. The van der Waals surface area contributed by atoms with Gasteiger partial charge in [0.1, 0.15) is 5.56 Å². The van der Waals surface area contributed by atoms with Gasteiger partial charge in [-0.25, -0.2) is 18.2 Å². The molecule has 0 aliphatic heterocycles. The van der Waals surface area contributed by atoms with Gasteiger partial charge in [0.2, 0.25) is 10.0 Å². The minimum atomic E-state index is -3.81. The van der Waals surface area contributed by atoms with Crippen LogP contribution in [0.2, 0.25) is 0 Å². The zero-order chi connectivity index (χ0) is 24.3. The average Bonchev–Trinajstić information content (AvgIpc) is 2.84. The lowest BCUT2D eigenvalue weighted by Gasteiger charge is -2.16. The van der Waals surface area contributed by atoms with Crippen LogP contribution in [0, 0.1) is 0 Å². The van der Waals surface area contributed by atoms with Crippen molar-refractivity contribution in [1.29, 1.82) is 0 Å². The van der Waals surface area contributed by atoms with Crippen molar-refractivity contribution >= 4 is 15.9 Å². The van der Waals surface area contributed by atoms with Crippen LogP contribution in [0.25, 0.3) is 22.4 Å². The predicted octanol–water partition coefficient (Wildman–Crippen LogP) is 2.69. The van der Waals surface area contributed by atoms with Gasteiger partial charge in [-0.2, -0.15) is 5.10 Å². The number of nitrogens with two attached hydrogens (primary N) is 1. The molecule has 1 aromatic heterocycles. The van der Waals surface area contributed by atoms with Gasteiger partial charge in [0, 0.05) is 24.7 Å². The fraction of sp³-hybridized carbons (Fsp3) is 0.0800. The summed E-state index contributed by atoms with van der Waals surface area (Å²) in [6.45, 7) is 0.0874. The SMILES string of the molecule is Cn1nc(-c2ccccc2)c(-c2ccccc2)c(C(=O)NCc2ccc(S(N)(=O)=O)cc2)c1=O. The Labute approximate surface area is 196 Å². The molecule has 3 aromatic carbocycles. The predicted molar refractivity (Wildman–Crippen MR) is 129 cm³/mol. The number of amides is 1. The third-order valence-corrected chi connectivity index (χ3v) is 6.22. The summed E-state index contributed by atoms with van der Waals surface area (Å²) >= 11 is 0. The van der Waals surface area contributed by atoms with Crippen LogP contribution in [0.15, 0.2) is 94.6 Å². The Morgan fingerprint density at radius 2 is 1.47 bits per heavy atom. The topological polar surface area (TPSA) is 124 Å². The fourth-order valence-corrected chi connectivity index (χ4v) is 4.11. The van der Waals surface area contributed by atoms with E-state index in [2.05, 4.69) is 10.4 Å². The number of hydrogen-bond donors (Lipinski definition) is 2. The minimum absolute atomic E-state index is 0.0237. The lowest BCUT2D eigenvalue weighted by Crippen LogP contribution is -2.34.